The van der Waals surface area contributed by atoms with Crippen LogP contribution in [0, 0.1) is 0 Å². The van der Waals surface area contributed by atoms with Gasteiger partial charge in [0, 0.05) is 29.3 Å². The molecule has 0 unspecified atom stereocenters. The summed E-state index contributed by atoms with van der Waals surface area (Å²) in [5.41, 5.74) is 6.64. The molecule has 0 atom stereocenters. The topological polar surface area (TPSA) is 51.5 Å². The van der Waals surface area contributed by atoms with Gasteiger partial charge in [-0.15, -0.1) is 0 Å². The van der Waals surface area contributed by atoms with Gasteiger partial charge >= 0.3 is 5.97 Å². The molecule has 5 nitrogen and oxygen atoms in total. The summed E-state index contributed by atoms with van der Waals surface area (Å²) in [6.45, 7) is 4.39. The Bertz CT molecular complexity index is 1180. The number of hydrogen-bond donors (Lipinski definition) is 0. The maximum Gasteiger partial charge on any atom is 0.337 e. The number of hydrogen-bond acceptors (Lipinski definition) is 4. The second-order valence-electron chi connectivity index (χ2n) is 8.01. The van der Waals surface area contributed by atoms with Crippen LogP contribution in [0.15, 0.2) is 63.9 Å². The molecule has 2 heterocycles. The molecule has 0 bridgehead atoms. The van der Waals surface area contributed by atoms with Crippen LogP contribution in [0.25, 0.3) is 0 Å². The number of para-hydroxylation sites is 1. The van der Waals surface area contributed by atoms with Gasteiger partial charge in [0.25, 0.3) is 5.56 Å². The van der Waals surface area contributed by atoms with Crippen molar-refractivity contribution in [3.63, 3.8) is 0 Å². The number of halogens is 1. The lowest BCUT2D eigenvalue weighted by Crippen LogP contribution is -2.29. The Hall–Kier alpha value is -2.86. The van der Waals surface area contributed by atoms with Gasteiger partial charge in [0.2, 0.25) is 0 Å². The fraction of sp³-hybridized carbons (Fsp3) is 0.308. The number of carbonyl (C=O) groups excluding carboxylic acids is 1. The van der Waals surface area contributed by atoms with Gasteiger partial charge in [-0.3, -0.25) is 4.79 Å². The second-order valence-corrected chi connectivity index (χ2v) is 8.86. The van der Waals surface area contributed by atoms with E-state index in [0.29, 0.717) is 25.1 Å². The number of benzene rings is 2. The molecule has 0 radical (unpaired) electrons. The Morgan fingerprint density at radius 2 is 1.88 bits per heavy atom. The van der Waals surface area contributed by atoms with Crippen molar-refractivity contribution in [2.45, 2.75) is 39.3 Å². The number of rotatable bonds is 7. The molecule has 0 spiro atoms. The summed E-state index contributed by atoms with van der Waals surface area (Å²) in [5.74, 6) is -0.348. The number of ether oxygens (including phenoxy) is 1. The van der Waals surface area contributed by atoms with Crippen molar-refractivity contribution < 1.29 is 9.53 Å². The summed E-state index contributed by atoms with van der Waals surface area (Å²) in [6.07, 6.45) is 2.72. The molecule has 0 amide bonds. The number of aromatic nitrogens is 1. The normalized spacial score (nSPS) is 12.7. The first-order valence-corrected chi connectivity index (χ1v) is 11.7. The molecule has 32 heavy (non-hydrogen) atoms. The minimum absolute atomic E-state index is 0.00224. The van der Waals surface area contributed by atoms with Crippen LogP contribution in [0.1, 0.15) is 39.7 Å². The van der Waals surface area contributed by atoms with Crippen LogP contribution in [0.3, 0.4) is 0 Å². The van der Waals surface area contributed by atoms with Gasteiger partial charge in [0.05, 0.1) is 24.9 Å². The predicted molar refractivity (Wildman–Crippen MR) is 130 cm³/mol. The molecule has 0 N–H and O–H groups in total. The van der Waals surface area contributed by atoms with Crippen molar-refractivity contribution in [1.82, 2.24) is 4.57 Å². The van der Waals surface area contributed by atoms with E-state index in [1.54, 1.807) is 18.2 Å². The first-order chi connectivity index (χ1) is 15.5. The maximum absolute atomic E-state index is 12.8. The summed E-state index contributed by atoms with van der Waals surface area (Å²) in [4.78, 5) is 26.9. The van der Waals surface area contributed by atoms with Crippen LogP contribution in [0.4, 0.5) is 5.69 Å². The van der Waals surface area contributed by atoms with E-state index in [-0.39, 0.29) is 11.5 Å². The summed E-state index contributed by atoms with van der Waals surface area (Å²) >= 11 is 3.69. The third-order valence-electron chi connectivity index (χ3n) is 6.13. The first-order valence-electron chi connectivity index (χ1n) is 10.9. The Balaban J connectivity index is 1.58. The fourth-order valence-corrected chi connectivity index (χ4v) is 4.88. The largest absolute Gasteiger partial charge is 0.465 e. The van der Waals surface area contributed by atoms with Gasteiger partial charge in [-0.2, -0.15) is 0 Å². The zero-order chi connectivity index (χ0) is 22.7. The third kappa shape index (κ3) is 4.51. The lowest BCUT2D eigenvalue weighted by atomic mass is 10.1. The van der Waals surface area contributed by atoms with Gasteiger partial charge < -0.3 is 14.2 Å². The number of fused-ring (bicyclic) bond motifs is 1. The van der Waals surface area contributed by atoms with Crippen LogP contribution in [-0.2, 0) is 37.1 Å². The summed E-state index contributed by atoms with van der Waals surface area (Å²) in [6, 6.07) is 17.4. The van der Waals surface area contributed by atoms with E-state index in [1.165, 1.54) is 23.9 Å². The van der Waals surface area contributed by atoms with E-state index in [9.17, 15) is 9.59 Å². The molecule has 0 saturated carbocycles. The number of anilines is 1. The average Bonchev–Trinajstić information content (AvgIpc) is 3.24. The van der Waals surface area contributed by atoms with Crippen molar-refractivity contribution in [2.24, 2.45) is 0 Å². The number of esters is 1. The number of aryl methyl sites for hydroxylation is 2. The van der Waals surface area contributed by atoms with Gasteiger partial charge in [-0.25, -0.2) is 4.79 Å². The van der Waals surface area contributed by atoms with Crippen molar-refractivity contribution in [2.75, 3.05) is 18.6 Å². The highest BCUT2D eigenvalue weighted by Gasteiger charge is 2.23. The molecular formula is C26H27BrN2O3. The predicted octanol–water partition coefficient (Wildman–Crippen LogP) is 4.77. The standard InChI is InChI=1S/C26H27BrN2O3/c1-3-19-5-4-6-20-14-15-28(25(19)20)17-23-22(27)11-12-24(30)29(23)16-13-18-7-9-21(10-8-18)26(31)32-2/h4-12H,3,13-17H2,1-2H3. The highest BCUT2D eigenvalue weighted by atomic mass is 79.9. The first kappa shape index (κ1) is 22.3. The highest BCUT2D eigenvalue weighted by Crippen LogP contribution is 2.34. The van der Waals surface area contributed by atoms with Crippen molar-refractivity contribution in [3.8, 4) is 0 Å². The van der Waals surface area contributed by atoms with Crippen LogP contribution in [-0.4, -0.2) is 24.2 Å². The van der Waals surface area contributed by atoms with Crippen LogP contribution in [0.2, 0.25) is 0 Å². The molecule has 3 aromatic rings. The van der Waals surface area contributed by atoms with Crippen molar-refractivity contribution in [1.29, 1.82) is 0 Å². The van der Waals surface area contributed by atoms with Crippen LogP contribution in [0.5, 0.6) is 0 Å². The average molecular weight is 495 g/mol. The van der Waals surface area contributed by atoms with E-state index in [1.807, 2.05) is 22.8 Å². The molecule has 6 heteroatoms. The number of methoxy groups -OCH3 is 1. The molecule has 166 valence electrons. The van der Waals surface area contributed by atoms with E-state index in [4.69, 9.17) is 4.74 Å². The van der Waals surface area contributed by atoms with E-state index >= 15 is 0 Å². The Kier molecular flexibility index (Phi) is 6.80. The van der Waals surface area contributed by atoms with Gasteiger partial charge in [0.15, 0.2) is 0 Å². The summed E-state index contributed by atoms with van der Waals surface area (Å²) < 4.78 is 7.57. The fourth-order valence-electron chi connectivity index (χ4n) is 4.41. The minimum Gasteiger partial charge on any atom is -0.465 e. The summed E-state index contributed by atoms with van der Waals surface area (Å²) in [5, 5.41) is 0. The molecule has 1 aliphatic rings. The zero-order valence-corrected chi connectivity index (χ0v) is 20.0. The third-order valence-corrected chi connectivity index (χ3v) is 6.85. The molecule has 0 saturated heterocycles. The van der Waals surface area contributed by atoms with Crippen LogP contribution >= 0.6 is 15.9 Å². The monoisotopic (exact) mass is 494 g/mol. The van der Waals surface area contributed by atoms with Crippen molar-refractivity contribution in [3.05, 3.63) is 97.4 Å². The lowest BCUT2D eigenvalue weighted by molar-refractivity contribution is 0.0600. The van der Waals surface area contributed by atoms with E-state index < -0.39 is 0 Å². The van der Waals surface area contributed by atoms with Crippen LogP contribution < -0.4 is 10.5 Å². The van der Waals surface area contributed by atoms with E-state index in [0.717, 1.165) is 35.1 Å². The van der Waals surface area contributed by atoms with Crippen molar-refractivity contribution >= 4 is 27.6 Å². The Labute approximate surface area is 196 Å². The molecule has 1 aromatic heterocycles. The highest BCUT2D eigenvalue weighted by molar-refractivity contribution is 9.10. The zero-order valence-electron chi connectivity index (χ0n) is 18.4. The minimum atomic E-state index is -0.348. The summed E-state index contributed by atoms with van der Waals surface area (Å²) in [7, 11) is 1.37. The molecule has 0 aliphatic carbocycles. The number of pyridine rings is 1. The Morgan fingerprint density at radius 1 is 1.09 bits per heavy atom. The smallest absolute Gasteiger partial charge is 0.337 e. The quantitative estimate of drug-likeness (QED) is 0.444. The maximum atomic E-state index is 12.8. The molecule has 1 aliphatic heterocycles. The number of nitrogens with zero attached hydrogens (tertiary/aromatic N) is 2. The molecule has 4 rings (SSSR count). The molecule has 0 fully saturated rings. The Morgan fingerprint density at radius 3 is 2.59 bits per heavy atom. The second kappa shape index (κ2) is 9.74. The SMILES string of the molecule is CCc1cccc2c1N(Cc1c(Br)ccc(=O)n1CCc1ccc(C(=O)OC)cc1)CC2. The molecular weight excluding hydrogens is 468 g/mol. The van der Waals surface area contributed by atoms with Gasteiger partial charge in [0.1, 0.15) is 0 Å². The number of carbonyl (C=O) groups is 1. The van der Waals surface area contributed by atoms with Gasteiger partial charge in [-0.1, -0.05) is 37.3 Å². The molecule has 2 aromatic carbocycles. The van der Waals surface area contributed by atoms with Gasteiger partial charge in [-0.05, 0) is 70.1 Å². The lowest BCUT2D eigenvalue weighted by Gasteiger charge is -2.25. The van der Waals surface area contributed by atoms with E-state index in [2.05, 4.69) is 46.0 Å².